The van der Waals surface area contributed by atoms with Gasteiger partial charge in [-0.25, -0.2) is 4.98 Å². The molecule has 4 nitrogen and oxygen atoms in total. The summed E-state index contributed by atoms with van der Waals surface area (Å²) in [4.78, 5) is 21.0. The number of carbonyl (C=O) groups excluding carboxylic acids is 1. The van der Waals surface area contributed by atoms with Gasteiger partial charge in [-0.1, -0.05) is 44.7 Å². The molecule has 1 aliphatic heterocycles. The van der Waals surface area contributed by atoms with Crippen molar-refractivity contribution in [3.8, 4) is 0 Å². The fourth-order valence-electron chi connectivity index (χ4n) is 3.26. The number of thioether (sulfide) groups is 2. The second kappa shape index (κ2) is 8.74. The molecule has 2 heterocycles. The first-order valence-electron chi connectivity index (χ1n) is 9.59. The Morgan fingerprint density at radius 2 is 2.07 bits per heavy atom. The molecule has 1 aromatic heterocycles. The summed E-state index contributed by atoms with van der Waals surface area (Å²) in [5, 5.41) is 1.48. The van der Waals surface area contributed by atoms with Crippen molar-refractivity contribution in [2.45, 2.75) is 62.9 Å². The van der Waals surface area contributed by atoms with Crippen LogP contribution in [0.5, 0.6) is 0 Å². The number of imidazole rings is 1. The molecule has 0 aliphatic carbocycles. The summed E-state index contributed by atoms with van der Waals surface area (Å²) in [5.41, 5.74) is 3.30. The van der Waals surface area contributed by atoms with Gasteiger partial charge in [-0.05, 0) is 38.3 Å². The zero-order valence-corrected chi connectivity index (χ0v) is 18.5. The summed E-state index contributed by atoms with van der Waals surface area (Å²) < 4.78 is 2.26. The Morgan fingerprint density at radius 1 is 1.33 bits per heavy atom. The number of amides is 1. The second-order valence-electron chi connectivity index (χ2n) is 7.59. The van der Waals surface area contributed by atoms with Gasteiger partial charge >= 0.3 is 0 Å². The van der Waals surface area contributed by atoms with E-state index in [9.17, 15) is 4.79 Å². The van der Waals surface area contributed by atoms with Crippen molar-refractivity contribution in [3.63, 3.8) is 0 Å². The van der Waals surface area contributed by atoms with Crippen LogP contribution < -0.4 is 4.90 Å². The van der Waals surface area contributed by atoms with Crippen LogP contribution in [0, 0.1) is 19.8 Å². The number of fused-ring (bicyclic) bond motifs is 1. The maximum absolute atomic E-state index is 13.1. The maximum Gasteiger partial charge on any atom is 0.237 e. The fraction of sp³-hybridized carbons (Fsp3) is 0.524. The van der Waals surface area contributed by atoms with Crippen molar-refractivity contribution < 1.29 is 4.79 Å². The Balaban J connectivity index is 1.76. The van der Waals surface area contributed by atoms with Crippen molar-refractivity contribution in [3.05, 3.63) is 35.7 Å². The van der Waals surface area contributed by atoms with E-state index in [0.29, 0.717) is 16.9 Å². The number of anilines is 1. The summed E-state index contributed by atoms with van der Waals surface area (Å²) >= 11 is 3.43. The first-order valence-corrected chi connectivity index (χ1v) is 11.5. The van der Waals surface area contributed by atoms with Crippen molar-refractivity contribution in [2.24, 2.45) is 5.92 Å². The number of nitrogens with zero attached hydrogens (tertiary/aromatic N) is 3. The van der Waals surface area contributed by atoms with Crippen molar-refractivity contribution in [1.82, 2.24) is 9.55 Å². The number of hydrogen-bond donors (Lipinski definition) is 0. The SMILES string of the molecule is Cc1nc(SCC(=O)N2CC[C@@H](C)Sc3ccccc32)n(CC(C)C)c1C. The van der Waals surface area contributed by atoms with E-state index in [1.54, 1.807) is 11.8 Å². The van der Waals surface area contributed by atoms with Gasteiger partial charge < -0.3 is 9.47 Å². The number of aryl methyl sites for hydroxylation is 1. The molecule has 1 aliphatic rings. The van der Waals surface area contributed by atoms with E-state index in [2.05, 4.69) is 50.5 Å². The lowest BCUT2D eigenvalue weighted by molar-refractivity contribution is -0.116. The summed E-state index contributed by atoms with van der Waals surface area (Å²) in [6.45, 7) is 12.5. The minimum absolute atomic E-state index is 0.163. The molecule has 0 fully saturated rings. The van der Waals surface area contributed by atoms with Gasteiger partial charge in [-0.3, -0.25) is 4.79 Å². The summed E-state index contributed by atoms with van der Waals surface area (Å²) in [7, 11) is 0. The number of para-hydroxylation sites is 1. The molecule has 0 N–H and O–H groups in total. The minimum atomic E-state index is 0.163. The quantitative estimate of drug-likeness (QED) is 0.646. The number of benzene rings is 1. The fourth-order valence-corrected chi connectivity index (χ4v) is 5.35. The molecule has 27 heavy (non-hydrogen) atoms. The van der Waals surface area contributed by atoms with E-state index in [-0.39, 0.29) is 5.91 Å². The van der Waals surface area contributed by atoms with Gasteiger partial charge in [0.25, 0.3) is 0 Å². The molecule has 0 saturated heterocycles. The van der Waals surface area contributed by atoms with Crippen LogP contribution in [0.25, 0.3) is 0 Å². The first-order chi connectivity index (χ1) is 12.9. The van der Waals surface area contributed by atoms with E-state index in [0.717, 1.165) is 36.0 Å². The summed E-state index contributed by atoms with van der Waals surface area (Å²) in [6, 6.07) is 8.26. The van der Waals surface area contributed by atoms with Crippen molar-refractivity contribution in [2.75, 3.05) is 17.2 Å². The van der Waals surface area contributed by atoms with Gasteiger partial charge in [0, 0.05) is 28.9 Å². The number of rotatable bonds is 5. The maximum atomic E-state index is 13.1. The van der Waals surface area contributed by atoms with Crippen LogP contribution in [0.1, 0.15) is 38.6 Å². The molecule has 0 spiro atoms. The Morgan fingerprint density at radius 3 is 2.81 bits per heavy atom. The standard InChI is InChI=1S/C21H29N3OS2/c1-14(2)12-24-17(5)16(4)22-21(24)26-13-20(25)23-11-10-15(3)27-19-9-7-6-8-18(19)23/h6-9,14-15H,10-13H2,1-5H3/t15-/m1/s1. The van der Waals surface area contributed by atoms with E-state index in [4.69, 9.17) is 4.98 Å². The molecular formula is C21H29N3OS2. The van der Waals surface area contributed by atoms with Crippen LogP contribution in [0.3, 0.4) is 0 Å². The third kappa shape index (κ3) is 4.72. The third-order valence-corrected chi connectivity index (χ3v) is 7.04. The number of hydrogen-bond acceptors (Lipinski definition) is 4. The number of carbonyl (C=O) groups is 1. The molecule has 1 amide bonds. The van der Waals surface area contributed by atoms with Gasteiger partial charge in [-0.2, -0.15) is 0 Å². The average molecular weight is 404 g/mol. The van der Waals surface area contributed by atoms with Crippen LogP contribution in [-0.2, 0) is 11.3 Å². The van der Waals surface area contributed by atoms with Crippen LogP contribution in [-0.4, -0.2) is 33.0 Å². The highest BCUT2D eigenvalue weighted by atomic mass is 32.2. The second-order valence-corrected chi connectivity index (χ2v) is 10.0. The molecule has 0 unspecified atom stereocenters. The predicted molar refractivity (Wildman–Crippen MR) is 116 cm³/mol. The minimum Gasteiger partial charge on any atom is -0.323 e. The van der Waals surface area contributed by atoms with Gasteiger partial charge in [0.2, 0.25) is 5.91 Å². The Bertz CT molecular complexity index is 816. The van der Waals surface area contributed by atoms with Gasteiger partial charge in [0.15, 0.2) is 5.16 Å². The van der Waals surface area contributed by atoms with Crippen molar-refractivity contribution >= 4 is 35.1 Å². The molecule has 0 saturated carbocycles. The zero-order valence-electron chi connectivity index (χ0n) is 16.9. The molecule has 0 radical (unpaired) electrons. The van der Waals surface area contributed by atoms with Crippen LogP contribution >= 0.6 is 23.5 Å². The molecule has 0 bridgehead atoms. The third-order valence-electron chi connectivity index (χ3n) is 4.84. The first kappa shape index (κ1) is 20.3. The lowest BCUT2D eigenvalue weighted by Crippen LogP contribution is -2.33. The Labute approximate surface area is 171 Å². The molecule has 1 atom stereocenters. The summed E-state index contributed by atoms with van der Waals surface area (Å²) in [5.74, 6) is 1.13. The lowest BCUT2D eigenvalue weighted by atomic mass is 10.2. The van der Waals surface area contributed by atoms with E-state index in [1.807, 2.05) is 29.7 Å². The van der Waals surface area contributed by atoms with Crippen LogP contribution in [0.15, 0.2) is 34.3 Å². The predicted octanol–water partition coefficient (Wildman–Crippen LogP) is 5.17. The van der Waals surface area contributed by atoms with E-state index < -0.39 is 0 Å². The molecule has 3 rings (SSSR count). The molecular weight excluding hydrogens is 374 g/mol. The zero-order chi connectivity index (χ0) is 19.6. The highest BCUT2D eigenvalue weighted by Gasteiger charge is 2.24. The van der Waals surface area contributed by atoms with Gasteiger partial charge in [0.05, 0.1) is 17.1 Å². The smallest absolute Gasteiger partial charge is 0.237 e. The van der Waals surface area contributed by atoms with Gasteiger partial charge in [-0.15, -0.1) is 11.8 Å². The number of aromatic nitrogens is 2. The van der Waals surface area contributed by atoms with Crippen LogP contribution in [0.2, 0.25) is 0 Å². The normalized spacial score (nSPS) is 17.1. The van der Waals surface area contributed by atoms with Gasteiger partial charge in [0.1, 0.15) is 0 Å². The van der Waals surface area contributed by atoms with E-state index in [1.165, 1.54) is 10.6 Å². The average Bonchev–Trinajstić information content (AvgIpc) is 2.79. The monoisotopic (exact) mass is 403 g/mol. The molecule has 146 valence electrons. The summed E-state index contributed by atoms with van der Waals surface area (Å²) in [6.07, 6.45) is 1.01. The van der Waals surface area contributed by atoms with Crippen LogP contribution in [0.4, 0.5) is 5.69 Å². The lowest BCUT2D eigenvalue weighted by Gasteiger charge is -2.22. The van der Waals surface area contributed by atoms with Crippen molar-refractivity contribution in [1.29, 1.82) is 0 Å². The largest absolute Gasteiger partial charge is 0.323 e. The van der Waals surface area contributed by atoms with E-state index >= 15 is 0 Å². The topological polar surface area (TPSA) is 38.1 Å². The Kier molecular flexibility index (Phi) is 6.58. The molecule has 6 heteroatoms. The molecule has 1 aromatic carbocycles. The Hall–Kier alpha value is -1.40. The highest BCUT2D eigenvalue weighted by molar-refractivity contribution is 8.00. The molecule has 2 aromatic rings. The highest BCUT2D eigenvalue weighted by Crippen LogP contribution is 2.37.